The molecule has 2 rings (SSSR count). The fraction of sp³-hybridized carbons (Fsp3) is 0.583. The van der Waals surface area contributed by atoms with Crippen molar-refractivity contribution < 1.29 is 19.2 Å². The Labute approximate surface area is 105 Å². The molecular weight excluding hydrogens is 236 g/mol. The van der Waals surface area contributed by atoms with E-state index in [2.05, 4.69) is 10.1 Å². The molecule has 3 atom stereocenters. The van der Waals surface area contributed by atoms with Crippen LogP contribution in [0.5, 0.6) is 0 Å². The van der Waals surface area contributed by atoms with Crippen molar-refractivity contribution in [3.8, 4) is 0 Å². The first kappa shape index (κ1) is 12.8. The molecule has 1 aromatic rings. The van der Waals surface area contributed by atoms with Crippen LogP contribution in [0.25, 0.3) is 0 Å². The standard InChI is InChI=1S/C12H16N2O4/c1-7(17-2)10-13-11(18-14-10)8-5-3-4-6-9(8)12(15)16/h3-4,7-9H,5-6H2,1-2H3,(H,15,16)/t7?,8-,9+/m1/s1. The van der Waals surface area contributed by atoms with Crippen LogP contribution in [0.4, 0.5) is 0 Å². The van der Waals surface area contributed by atoms with Crippen molar-refractivity contribution in [1.29, 1.82) is 0 Å². The van der Waals surface area contributed by atoms with E-state index in [0.717, 1.165) is 0 Å². The topological polar surface area (TPSA) is 85.5 Å². The van der Waals surface area contributed by atoms with E-state index in [4.69, 9.17) is 9.26 Å². The Bertz CT molecular complexity index is 455. The molecule has 0 saturated carbocycles. The molecule has 0 spiro atoms. The lowest BCUT2D eigenvalue weighted by Gasteiger charge is -2.21. The zero-order valence-electron chi connectivity index (χ0n) is 10.4. The molecule has 0 fully saturated rings. The van der Waals surface area contributed by atoms with E-state index in [0.29, 0.717) is 24.6 Å². The minimum atomic E-state index is -0.830. The van der Waals surface area contributed by atoms with E-state index >= 15 is 0 Å². The molecule has 0 radical (unpaired) electrons. The number of carboxylic acid groups (broad SMARTS) is 1. The van der Waals surface area contributed by atoms with Crippen LogP contribution in [0.1, 0.15) is 43.5 Å². The first-order valence-corrected chi connectivity index (χ1v) is 5.87. The second kappa shape index (κ2) is 5.30. The predicted molar refractivity (Wildman–Crippen MR) is 62.0 cm³/mol. The van der Waals surface area contributed by atoms with E-state index in [9.17, 15) is 9.90 Å². The lowest BCUT2D eigenvalue weighted by Crippen LogP contribution is -2.23. The summed E-state index contributed by atoms with van der Waals surface area (Å²) in [7, 11) is 1.56. The monoisotopic (exact) mass is 252 g/mol. The number of hydrogen-bond acceptors (Lipinski definition) is 5. The Morgan fingerprint density at radius 2 is 2.28 bits per heavy atom. The third-order valence-corrected chi connectivity index (χ3v) is 3.24. The molecule has 6 heteroatoms. The molecule has 98 valence electrons. The van der Waals surface area contributed by atoms with Crippen LogP contribution < -0.4 is 0 Å². The third kappa shape index (κ3) is 2.43. The second-order valence-electron chi connectivity index (χ2n) is 4.36. The summed E-state index contributed by atoms with van der Waals surface area (Å²) in [5.74, 6) is -0.750. The molecule has 1 N–H and O–H groups in total. The van der Waals surface area contributed by atoms with Gasteiger partial charge in [-0.2, -0.15) is 4.98 Å². The van der Waals surface area contributed by atoms with Gasteiger partial charge in [-0.25, -0.2) is 0 Å². The van der Waals surface area contributed by atoms with Crippen molar-refractivity contribution in [2.45, 2.75) is 31.8 Å². The Balaban J connectivity index is 2.21. The van der Waals surface area contributed by atoms with Gasteiger partial charge in [-0.3, -0.25) is 4.79 Å². The normalized spacial score (nSPS) is 25.0. The fourth-order valence-corrected chi connectivity index (χ4v) is 2.03. The molecule has 0 aliphatic heterocycles. The number of rotatable bonds is 4. The SMILES string of the molecule is COC(C)c1noc([C@@H]2CC=CC[C@@H]2C(=O)O)n1. The zero-order valence-corrected chi connectivity index (χ0v) is 10.4. The Hall–Kier alpha value is -1.69. The number of aromatic nitrogens is 2. The summed E-state index contributed by atoms with van der Waals surface area (Å²) in [6.07, 6.45) is 4.68. The van der Waals surface area contributed by atoms with Crippen LogP contribution >= 0.6 is 0 Å². The largest absolute Gasteiger partial charge is 0.481 e. The summed E-state index contributed by atoms with van der Waals surface area (Å²) in [4.78, 5) is 15.4. The predicted octanol–water partition coefficient (Wildman–Crippen LogP) is 1.91. The average molecular weight is 252 g/mol. The van der Waals surface area contributed by atoms with E-state index in [1.165, 1.54) is 0 Å². The quantitative estimate of drug-likeness (QED) is 0.824. The lowest BCUT2D eigenvalue weighted by atomic mass is 9.83. The molecule has 1 unspecified atom stereocenters. The van der Waals surface area contributed by atoms with Crippen molar-refractivity contribution >= 4 is 5.97 Å². The van der Waals surface area contributed by atoms with Gasteiger partial charge in [0.05, 0.1) is 11.8 Å². The number of carbonyl (C=O) groups is 1. The van der Waals surface area contributed by atoms with Gasteiger partial charge in [0, 0.05) is 7.11 Å². The summed E-state index contributed by atoms with van der Waals surface area (Å²) in [6.45, 7) is 1.81. The van der Waals surface area contributed by atoms with Crippen LogP contribution in [0.15, 0.2) is 16.7 Å². The Morgan fingerprint density at radius 3 is 2.94 bits per heavy atom. The van der Waals surface area contributed by atoms with Crippen LogP contribution in [-0.4, -0.2) is 28.3 Å². The minimum absolute atomic E-state index is 0.252. The second-order valence-corrected chi connectivity index (χ2v) is 4.36. The van der Waals surface area contributed by atoms with Gasteiger partial charge < -0.3 is 14.4 Å². The lowest BCUT2D eigenvalue weighted by molar-refractivity contribution is -0.142. The Morgan fingerprint density at radius 1 is 1.56 bits per heavy atom. The van der Waals surface area contributed by atoms with Gasteiger partial charge in [-0.05, 0) is 19.8 Å². The maximum atomic E-state index is 11.2. The molecule has 1 heterocycles. The summed E-state index contributed by atoms with van der Waals surface area (Å²) in [6, 6.07) is 0. The van der Waals surface area contributed by atoms with Crippen LogP contribution in [-0.2, 0) is 9.53 Å². The smallest absolute Gasteiger partial charge is 0.307 e. The van der Waals surface area contributed by atoms with Gasteiger partial charge in [0.15, 0.2) is 5.82 Å². The molecule has 0 saturated heterocycles. The van der Waals surface area contributed by atoms with Gasteiger partial charge in [0.25, 0.3) is 0 Å². The van der Waals surface area contributed by atoms with Crippen molar-refractivity contribution in [2.24, 2.45) is 5.92 Å². The fourth-order valence-electron chi connectivity index (χ4n) is 2.03. The highest BCUT2D eigenvalue weighted by molar-refractivity contribution is 5.71. The van der Waals surface area contributed by atoms with E-state index in [1.54, 1.807) is 7.11 Å². The van der Waals surface area contributed by atoms with Crippen molar-refractivity contribution in [1.82, 2.24) is 10.1 Å². The molecule has 1 aromatic heterocycles. The molecule has 18 heavy (non-hydrogen) atoms. The number of aliphatic carboxylic acids is 1. The molecule has 1 aliphatic carbocycles. The first-order chi connectivity index (χ1) is 8.63. The average Bonchev–Trinajstić information content (AvgIpc) is 2.87. The number of carboxylic acids is 1. The van der Waals surface area contributed by atoms with Crippen molar-refractivity contribution in [2.75, 3.05) is 7.11 Å². The summed E-state index contributed by atoms with van der Waals surface area (Å²) >= 11 is 0. The summed E-state index contributed by atoms with van der Waals surface area (Å²) in [5.41, 5.74) is 0. The van der Waals surface area contributed by atoms with E-state index < -0.39 is 11.9 Å². The van der Waals surface area contributed by atoms with Gasteiger partial charge in [0.2, 0.25) is 5.89 Å². The molecule has 6 nitrogen and oxygen atoms in total. The van der Waals surface area contributed by atoms with Gasteiger partial charge in [0.1, 0.15) is 6.10 Å². The molecular formula is C12H16N2O4. The van der Waals surface area contributed by atoms with Gasteiger partial charge >= 0.3 is 5.97 Å². The van der Waals surface area contributed by atoms with Crippen molar-refractivity contribution in [3.05, 3.63) is 23.9 Å². The zero-order chi connectivity index (χ0) is 13.1. The van der Waals surface area contributed by atoms with Gasteiger partial charge in [-0.1, -0.05) is 17.3 Å². The van der Waals surface area contributed by atoms with Crippen LogP contribution in [0.2, 0.25) is 0 Å². The van der Waals surface area contributed by atoms with Crippen LogP contribution in [0.3, 0.4) is 0 Å². The van der Waals surface area contributed by atoms with Crippen molar-refractivity contribution in [3.63, 3.8) is 0 Å². The highest BCUT2D eigenvalue weighted by Crippen LogP contribution is 2.34. The maximum absolute atomic E-state index is 11.2. The number of ether oxygens (including phenoxy) is 1. The molecule has 0 aromatic carbocycles. The third-order valence-electron chi connectivity index (χ3n) is 3.24. The van der Waals surface area contributed by atoms with E-state index in [-0.39, 0.29) is 12.0 Å². The summed E-state index contributed by atoms with van der Waals surface area (Å²) in [5, 5.41) is 13.0. The molecule has 0 amide bonds. The highest BCUT2D eigenvalue weighted by atomic mass is 16.5. The van der Waals surface area contributed by atoms with E-state index in [1.807, 2.05) is 19.1 Å². The van der Waals surface area contributed by atoms with Gasteiger partial charge in [-0.15, -0.1) is 0 Å². The summed E-state index contributed by atoms with van der Waals surface area (Å²) < 4.78 is 10.3. The number of hydrogen-bond donors (Lipinski definition) is 1. The first-order valence-electron chi connectivity index (χ1n) is 5.87. The number of allylic oxidation sites excluding steroid dienone is 2. The highest BCUT2D eigenvalue weighted by Gasteiger charge is 2.34. The minimum Gasteiger partial charge on any atom is -0.481 e. The molecule has 1 aliphatic rings. The maximum Gasteiger partial charge on any atom is 0.307 e. The number of nitrogens with zero attached hydrogens (tertiary/aromatic N) is 2. The number of methoxy groups -OCH3 is 1. The Kier molecular flexibility index (Phi) is 3.76. The van der Waals surface area contributed by atoms with Crippen LogP contribution in [0, 0.1) is 5.92 Å². The molecule has 0 bridgehead atoms.